The number of hydrogen-bond donors (Lipinski definition) is 1. The van der Waals surface area contributed by atoms with Gasteiger partial charge >= 0.3 is 0 Å². The smallest absolute Gasteiger partial charge is 0.180 e. The molecule has 0 unspecified atom stereocenters. The van der Waals surface area contributed by atoms with E-state index >= 15 is 0 Å². The van der Waals surface area contributed by atoms with Gasteiger partial charge in [-0.25, -0.2) is 8.42 Å². The molecule has 0 bridgehead atoms. The molecule has 0 saturated carbocycles. The van der Waals surface area contributed by atoms with Crippen LogP contribution in [0.25, 0.3) is 10.9 Å². The third kappa shape index (κ3) is 2.76. The SMILES string of the molecule is CC(C)S(=O)(=O)c1ccc2nccc(NC3=NCc4ccccc43)c2c1. The second kappa shape index (κ2) is 6.21. The molecule has 3 aromatic rings. The third-order valence-electron chi connectivity index (χ3n) is 4.60. The first-order valence-electron chi connectivity index (χ1n) is 8.49. The summed E-state index contributed by atoms with van der Waals surface area (Å²) in [5.41, 5.74) is 3.79. The van der Waals surface area contributed by atoms with Crippen LogP contribution in [0.5, 0.6) is 0 Å². The molecule has 4 rings (SSSR count). The highest BCUT2D eigenvalue weighted by Gasteiger charge is 2.21. The van der Waals surface area contributed by atoms with Gasteiger partial charge in [-0.3, -0.25) is 9.98 Å². The molecule has 0 spiro atoms. The fraction of sp³-hybridized carbons (Fsp3) is 0.200. The van der Waals surface area contributed by atoms with Gasteiger partial charge in [-0.05, 0) is 43.7 Å². The third-order valence-corrected chi connectivity index (χ3v) is 6.75. The number of amidine groups is 1. The second-order valence-corrected chi connectivity index (χ2v) is 9.08. The van der Waals surface area contributed by atoms with Gasteiger partial charge in [0.2, 0.25) is 0 Å². The molecule has 0 saturated heterocycles. The zero-order valence-corrected chi connectivity index (χ0v) is 15.4. The molecule has 1 aliphatic heterocycles. The Morgan fingerprint density at radius 3 is 2.69 bits per heavy atom. The standard InChI is InChI=1S/C20H19N3O2S/c1-13(2)26(24,25)15-7-8-18-17(11-15)19(9-10-21-18)23-20-16-6-4-3-5-14(16)12-22-20/h3-11,13H,12H2,1-2H3,(H,21,22,23). The number of rotatable bonds is 3. The Hall–Kier alpha value is -2.73. The van der Waals surface area contributed by atoms with Gasteiger partial charge < -0.3 is 5.32 Å². The molecule has 1 aliphatic rings. The lowest BCUT2D eigenvalue weighted by Gasteiger charge is -2.13. The molecule has 6 heteroatoms. The summed E-state index contributed by atoms with van der Waals surface area (Å²) in [5, 5.41) is 3.66. The minimum Gasteiger partial charge on any atom is -0.339 e. The number of sulfone groups is 1. The van der Waals surface area contributed by atoms with Crippen LogP contribution in [0.3, 0.4) is 0 Å². The molecular formula is C20H19N3O2S. The molecule has 1 N–H and O–H groups in total. The van der Waals surface area contributed by atoms with Gasteiger partial charge in [-0.2, -0.15) is 0 Å². The molecule has 0 radical (unpaired) electrons. The number of fused-ring (bicyclic) bond motifs is 2. The van der Waals surface area contributed by atoms with Crippen molar-refractivity contribution in [3.8, 4) is 0 Å². The van der Waals surface area contributed by atoms with Crippen molar-refractivity contribution in [2.75, 3.05) is 5.32 Å². The number of aliphatic imine (C=N–C) groups is 1. The maximum Gasteiger partial charge on any atom is 0.180 e. The zero-order chi connectivity index (χ0) is 18.3. The van der Waals surface area contributed by atoms with E-state index in [1.165, 1.54) is 5.56 Å². The topological polar surface area (TPSA) is 71.4 Å². The van der Waals surface area contributed by atoms with Crippen LogP contribution in [0.15, 0.2) is 64.6 Å². The molecule has 0 atom stereocenters. The van der Waals surface area contributed by atoms with E-state index in [2.05, 4.69) is 21.4 Å². The number of anilines is 1. The zero-order valence-electron chi connectivity index (χ0n) is 14.6. The largest absolute Gasteiger partial charge is 0.339 e. The van der Waals surface area contributed by atoms with Gasteiger partial charge in [0.15, 0.2) is 9.84 Å². The molecule has 132 valence electrons. The van der Waals surface area contributed by atoms with Crippen LogP contribution in [0.2, 0.25) is 0 Å². The molecule has 5 nitrogen and oxygen atoms in total. The quantitative estimate of drug-likeness (QED) is 0.766. The first-order chi connectivity index (χ1) is 12.5. The summed E-state index contributed by atoms with van der Waals surface area (Å²) in [4.78, 5) is 9.24. The average Bonchev–Trinajstić information content (AvgIpc) is 3.04. The van der Waals surface area contributed by atoms with Crippen molar-refractivity contribution in [1.29, 1.82) is 0 Å². The van der Waals surface area contributed by atoms with Crippen molar-refractivity contribution < 1.29 is 8.42 Å². The molecule has 0 aliphatic carbocycles. The minimum atomic E-state index is -3.35. The van der Waals surface area contributed by atoms with Crippen LogP contribution in [0, 0.1) is 0 Å². The lowest BCUT2D eigenvalue weighted by Crippen LogP contribution is -2.14. The molecular weight excluding hydrogens is 346 g/mol. The number of hydrogen-bond acceptors (Lipinski definition) is 5. The van der Waals surface area contributed by atoms with Gasteiger partial charge in [-0.15, -0.1) is 0 Å². The molecule has 0 fully saturated rings. The van der Waals surface area contributed by atoms with Gasteiger partial charge in [0.25, 0.3) is 0 Å². The number of nitrogens with one attached hydrogen (secondary N) is 1. The second-order valence-electron chi connectivity index (χ2n) is 6.58. The van der Waals surface area contributed by atoms with Crippen LogP contribution in [-0.4, -0.2) is 24.5 Å². The maximum atomic E-state index is 12.5. The first-order valence-corrected chi connectivity index (χ1v) is 10.0. The van der Waals surface area contributed by atoms with Crippen LogP contribution in [0.4, 0.5) is 5.69 Å². The summed E-state index contributed by atoms with van der Waals surface area (Å²) in [6, 6.07) is 15.0. The van der Waals surface area contributed by atoms with E-state index < -0.39 is 15.1 Å². The summed E-state index contributed by atoms with van der Waals surface area (Å²) < 4.78 is 25.1. The summed E-state index contributed by atoms with van der Waals surface area (Å²) >= 11 is 0. The predicted molar refractivity (Wildman–Crippen MR) is 104 cm³/mol. The minimum absolute atomic E-state index is 0.310. The van der Waals surface area contributed by atoms with E-state index in [4.69, 9.17) is 0 Å². The van der Waals surface area contributed by atoms with Crippen molar-refractivity contribution >= 4 is 32.3 Å². The van der Waals surface area contributed by atoms with Gasteiger partial charge in [-0.1, -0.05) is 24.3 Å². The van der Waals surface area contributed by atoms with E-state index in [1.807, 2.05) is 24.3 Å². The van der Waals surface area contributed by atoms with Gasteiger partial charge in [0.1, 0.15) is 5.84 Å². The summed E-state index contributed by atoms with van der Waals surface area (Å²) in [6.45, 7) is 4.02. The molecule has 1 aromatic heterocycles. The fourth-order valence-electron chi connectivity index (χ4n) is 3.06. The Morgan fingerprint density at radius 2 is 1.88 bits per heavy atom. The summed E-state index contributed by atoms with van der Waals surface area (Å²) in [7, 11) is -3.35. The average molecular weight is 365 g/mol. The van der Waals surface area contributed by atoms with E-state index in [1.54, 1.807) is 38.2 Å². The van der Waals surface area contributed by atoms with Crippen LogP contribution >= 0.6 is 0 Å². The summed E-state index contributed by atoms with van der Waals surface area (Å²) in [5.74, 6) is 0.796. The Kier molecular flexibility index (Phi) is 4.00. The van der Waals surface area contributed by atoms with Crippen molar-refractivity contribution in [2.24, 2.45) is 4.99 Å². The lowest BCUT2D eigenvalue weighted by atomic mass is 10.1. The number of aromatic nitrogens is 1. The Balaban J connectivity index is 1.79. The van der Waals surface area contributed by atoms with Crippen LogP contribution in [-0.2, 0) is 16.4 Å². The van der Waals surface area contributed by atoms with E-state index in [-0.39, 0.29) is 0 Å². The molecule has 26 heavy (non-hydrogen) atoms. The van der Waals surface area contributed by atoms with Crippen molar-refractivity contribution in [3.63, 3.8) is 0 Å². The highest BCUT2D eigenvalue weighted by Crippen LogP contribution is 2.28. The highest BCUT2D eigenvalue weighted by atomic mass is 32.2. The first kappa shape index (κ1) is 16.7. The molecule has 2 heterocycles. The Morgan fingerprint density at radius 1 is 1.08 bits per heavy atom. The number of benzene rings is 2. The molecule has 2 aromatic carbocycles. The Bertz CT molecular complexity index is 1130. The predicted octanol–water partition coefficient (Wildman–Crippen LogP) is 3.79. The van der Waals surface area contributed by atoms with E-state index in [0.717, 1.165) is 28.0 Å². The fourth-order valence-corrected chi connectivity index (χ4v) is 4.14. The van der Waals surface area contributed by atoms with Gasteiger partial charge in [0.05, 0.1) is 27.9 Å². The van der Waals surface area contributed by atoms with Crippen molar-refractivity contribution in [1.82, 2.24) is 4.98 Å². The van der Waals surface area contributed by atoms with E-state index in [0.29, 0.717) is 11.4 Å². The Labute approximate surface area is 152 Å². The maximum absolute atomic E-state index is 12.5. The number of pyridine rings is 1. The van der Waals surface area contributed by atoms with Gasteiger partial charge in [0, 0.05) is 17.1 Å². The number of nitrogens with zero attached hydrogens (tertiary/aromatic N) is 2. The van der Waals surface area contributed by atoms with Crippen molar-refractivity contribution in [3.05, 3.63) is 65.9 Å². The highest BCUT2D eigenvalue weighted by molar-refractivity contribution is 7.92. The summed E-state index contributed by atoms with van der Waals surface area (Å²) in [6.07, 6.45) is 1.71. The van der Waals surface area contributed by atoms with Crippen LogP contribution < -0.4 is 5.32 Å². The van der Waals surface area contributed by atoms with E-state index in [9.17, 15) is 8.42 Å². The van der Waals surface area contributed by atoms with Crippen molar-refractivity contribution in [2.45, 2.75) is 30.5 Å². The molecule has 0 amide bonds. The van der Waals surface area contributed by atoms with Crippen LogP contribution in [0.1, 0.15) is 25.0 Å². The lowest BCUT2D eigenvalue weighted by molar-refractivity contribution is 0.587. The normalized spacial score (nSPS) is 13.7. The monoisotopic (exact) mass is 365 g/mol.